The molecule has 0 bridgehead atoms. The number of aryl methyl sites for hydroxylation is 2. The van der Waals surface area contributed by atoms with E-state index < -0.39 is 11.9 Å². The molecular formula is C34H44N6O4. The average molecular weight is 601 g/mol. The fourth-order valence-corrected chi connectivity index (χ4v) is 4.84. The van der Waals surface area contributed by atoms with E-state index in [1.54, 1.807) is 36.9 Å². The fraction of sp³-hybridized carbons (Fsp3) is 0.412. The van der Waals surface area contributed by atoms with E-state index in [9.17, 15) is 9.59 Å². The van der Waals surface area contributed by atoms with Gasteiger partial charge in [-0.2, -0.15) is 0 Å². The summed E-state index contributed by atoms with van der Waals surface area (Å²) in [6, 6.07) is 14.4. The van der Waals surface area contributed by atoms with Crippen LogP contribution in [0, 0.1) is 11.8 Å². The molecule has 4 rings (SSSR count). The van der Waals surface area contributed by atoms with Gasteiger partial charge in [0.1, 0.15) is 11.5 Å². The van der Waals surface area contributed by atoms with Gasteiger partial charge in [-0.05, 0) is 112 Å². The van der Waals surface area contributed by atoms with Crippen LogP contribution in [-0.4, -0.2) is 58.1 Å². The van der Waals surface area contributed by atoms with E-state index in [1.807, 2.05) is 36.7 Å². The molecule has 10 heteroatoms. The zero-order valence-electron chi connectivity index (χ0n) is 25.7. The first-order chi connectivity index (χ1) is 21.4. The lowest BCUT2D eigenvalue weighted by atomic mass is 10.0. The van der Waals surface area contributed by atoms with Crippen LogP contribution in [0.5, 0.6) is 11.5 Å². The molecule has 10 nitrogen and oxygen atoms in total. The molecule has 0 aliphatic rings. The minimum atomic E-state index is -1.05. The van der Waals surface area contributed by atoms with E-state index in [0.717, 1.165) is 87.2 Å². The molecule has 0 saturated carbocycles. The lowest BCUT2D eigenvalue weighted by molar-refractivity contribution is -0.156. The largest absolute Gasteiger partial charge is 0.423 e. The highest BCUT2D eigenvalue weighted by Crippen LogP contribution is 2.17. The Bertz CT molecular complexity index is 1300. The maximum atomic E-state index is 12.5. The second-order valence-electron chi connectivity index (χ2n) is 11.4. The second-order valence-corrected chi connectivity index (χ2v) is 11.4. The third-order valence-corrected chi connectivity index (χ3v) is 7.45. The van der Waals surface area contributed by atoms with Crippen molar-refractivity contribution in [2.45, 2.75) is 52.4 Å². The number of carbonyl (C=O) groups excluding carboxylic acids is 2. The zero-order chi connectivity index (χ0) is 31.0. The van der Waals surface area contributed by atoms with E-state index in [1.165, 1.54) is 0 Å². The number of carbonyl (C=O) groups is 2. The van der Waals surface area contributed by atoms with Crippen molar-refractivity contribution in [2.24, 2.45) is 11.8 Å². The van der Waals surface area contributed by atoms with Gasteiger partial charge >= 0.3 is 11.9 Å². The van der Waals surface area contributed by atoms with Gasteiger partial charge in [-0.3, -0.25) is 0 Å². The smallest absolute Gasteiger partial charge is 0.418 e. The number of hydrogen-bond donors (Lipinski definition) is 4. The Morgan fingerprint density at radius 2 is 1.16 bits per heavy atom. The van der Waals surface area contributed by atoms with Crippen LogP contribution >= 0.6 is 0 Å². The maximum absolute atomic E-state index is 12.5. The van der Waals surface area contributed by atoms with Crippen molar-refractivity contribution in [1.82, 2.24) is 30.6 Å². The van der Waals surface area contributed by atoms with Crippen molar-refractivity contribution >= 4 is 11.9 Å². The van der Waals surface area contributed by atoms with Crippen LogP contribution < -0.4 is 20.1 Å². The molecule has 0 aliphatic carbocycles. The Labute approximate surface area is 259 Å². The summed E-state index contributed by atoms with van der Waals surface area (Å²) >= 11 is 0. The Morgan fingerprint density at radius 1 is 0.705 bits per heavy atom. The van der Waals surface area contributed by atoms with Gasteiger partial charge in [0.05, 0.1) is 24.0 Å². The quantitative estimate of drug-likeness (QED) is 0.0570. The highest BCUT2D eigenvalue weighted by molar-refractivity contribution is 6.31. The molecule has 0 radical (unpaired) electrons. The minimum Gasteiger partial charge on any atom is -0.418 e. The number of aromatic nitrogens is 4. The third-order valence-electron chi connectivity index (χ3n) is 7.45. The predicted octanol–water partition coefficient (Wildman–Crippen LogP) is 4.45. The number of rotatable bonds is 18. The second kappa shape index (κ2) is 17.7. The maximum Gasteiger partial charge on any atom is 0.423 e. The first kappa shape index (κ1) is 32.6. The van der Waals surface area contributed by atoms with Gasteiger partial charge < -0.3 is 30.1 Å². The van der Waals surface area contributed by atoms with Gasteiger partial charge in [0.25, 0.3) is 0 Å². The van der Waals surface area contributed by atoms with Crippen LogP contribution in [0.25, 0.3) is 0 Å². The van der Waals surface area contributed by atoms with Gasteiger partial charge in [0.15, 0.2) is 0 Å². The van der Waals surface area contributed by atoms with Crippen LogP contribution in [-0.2, 0) is 35.3 Å². The Morgan fingerprint density at radius 3 is 1.57 bits per heavy atom. The highest BCUT2D eigenvalue weighted by atomic mass is 16.6. The molecule has 234 valence electrons. The Kier molecular flexibility index (Phi) is 13.2. The molecular weight excluding hydrogens is 556 g/mol. The number of nitrogens with one attached hydrogen (secondary N) is 4. The van der Waals surface area contributed by atoms with Crippen molar-refractivity contribution < 1.29 is 19.1 Å². The molecule has 44 heavy (non-hydrogen) atoms. The molecule has 4 N–H and O–H groups in total. The number of imidazole rings is 2. The van der Waals surface area contributed by atoms with Gasteiger partial charge in [-0.25, -0.2) is 19.6 Å². The summed E-state index contributed by atoms with van der Waals surface area (Å²) in [5.41, 5.74) is 4.19. The van der Waals surface area contributed by atoms with Gasteiger partial charge in [-0.15, -0.1) is 0 Å². The van der Waals surface area contributed by atoms with Crippen molar-refractivity contribution in [3.63, 3.8) is 0 Å². The molecule has 0 aliphatic heterocycles. The minimum absolute atomic E-state index is 0.315. The SMILES string of the molecule is CC(CCc1c[nH]cn1)CNCCc1cccc(OC(=O)C(=O)Oc2cccc(CCNCC(C)CCc3c[nH]cn3)c2)c1. The summed E-state index contributed by atoms with van der Waals surface area (Å²) in [5.74, 6) is -0.422. The van der Waals surface area contributed by atoms with Gasteiger partial charge in [0, 0.05) is 12.4 Å². The summed E-state index contributed by atoms with van der Waals surface area (Å²) in [6.45, 7) is 7.86. The standard InChI is InChI=1S/C34H44N6O4/c1-25(9-11-29-21-37-23-39-29)19-35-15-13-27-5-3-7-31(17-27)43-33(41)34(42)44-32-8-4-6-28(18-32)14-16-36-20-26(2)10-12-30-22-38-24-40-30/h3-8,17-18,21-26,35-36H,9-16,19-20H2,1-2H3,(H,37,39)(H,38,40). The molecule has 0 fully saturated rings. The van der Waals surface area contributed by atoms with E-state index >= 15 is 0 Å². The number of benzene rings is 2. The molecule has 2 aromatic carbocycles. The molecule has 0 spiro atoms. The molecule has 2 unspecified atom stereocenters. The molecule has 0 amide bonds. The van der Waals surface area contributed by atoms with E-state index in [4.69, 9.17) is 9.47 Å². The topological polar surface area (TPSA) is 134 Å². The van der Waals surface area contributed by atoms with Crippen LogP contribution in [0.15, 0.2) is 73.6 Å². The number of esters is 2. The predicted molar refractivity (Wildman–Crippen MR) is 169 cm³/mol. The van der Waals surface area contributed by atoms with Gasteiger partial charge in [-0.1, -0.05) is 38.1 Å². The Balaban J connectivity index is 1.12. The summed E-state index contributed by atoms with van der Waals surface area (Å²) in [7, 11) is 0. The third kappa shape index (κ3) is 11.8. The highest BCUT2D eigenvalue weighted by Gasteiger charge is 2.20. The number of hydrogen-bond acceptors (Lipinski definition) is 8. The van der Waals surface area contributed by atoms with Crippen molar-refractivity contribution in [2.75, 3.05) is 26.2 Å². The summed E-state index contributed by atoms with van der Waals surface area (Å²) in [5, 5.41) is 6.97. The van der Waals surface area contributed by atoms with Crippen LogP contribution in [0.4, 0.5) is 0 Å². The lowest BCUT2D eigenvalue weighted by Gasteiger charge is -2.12. The van der Waals surface area contributed by atoms with Crippen LogP contribution in [0.1, 0.15) is 49.2 Å². The average Bonchev–Trinajstić information content (AvgIpc) is 3.75. The summed E-state index contributed by atoms with van der Waals surface area (Å²) in [6.07, 6.45) is 12.9. The number of aromatic amines is 2. The number of ether oxygens (including phenoxy) is 2. The Hall–Kier alpha value is -4.28. The molecule has 2 aromatic heterocycles. The summed E-state index contributed by atoms with van der Waals surface area (Å²) in [4.78, 5) is 39.4. The first-order valence-corrected chi connectivity index (χ1v) is 15.4. The molecule has 0 saturated heterocycles. The van der Waals surface area contributed by atoms with Crippen molar-refractivity contribution in [3.05, 3.63) is 96.1 Å². The van der Waals surface area contributed by atoms with E-state index in [0.29, 0.717) is 23.3 Å². The molecule has 4 aromatic rings. The lowest BCUT2D eigenvalue weighted by Crippen LogP contribution is -2.26. The fourth-order valence-electron chi connectivity index (χ4n) is 4.84. The van der Waals surface area contributed by atoms with E-state index in [2.05, 4.69) is 44.4 Å². The van der Waals surface area contributed by atoms with Crippen molar-refractivity contribution in [1.29, 1.82) is 0 Å². The monoisotopic (exact) mass is 600 g/mol. The normalized spacial score (nSPS) is 12.5. The summed E-state index contributed by atoms with van der Waals surface area (Å²) < 4.78 is 10.6. The number of H-pyrrole nitrogens is 2. The van der Waals surface area contributed by atoms with Crippen LogP contribution in [0.2, 0.25) is 0 Å². The zero-order valence-corrected chi connectivity index (χ0v) is 25.7. The van der Waals surface area contributed by atoms with Crippen LogP contribution in [0.3, 0.4) is 0 Å². The van der Waals surface area contributed by atoms with E-state index in [-0.39, 0.29) is 0 Å². The first-order valence-electron chi connectivity index (χ1n) is 15.4. The molecule has 2 heterocycles. The van der Waals surface area contributed by atoms with Gasteiger partial charge in [0.2, 0.25) is 0 Å². The number of nitrogens with zero attached hydrogens (tertiary/aromatic N) is 2. The molecule has 2 atom stereocenters. The van der Waals surface area contributed by atoms with Crippen molar-refractivity contribution in [3.8, 4) is 11.5 Å².